The summed E-state index contributed by atoms with van der Waals surface area (Å²) in [5, 5.41) is 9.95. The van der Waals surface area contributed by atoms with Gasteiger partial charge in [0.15, 0.2) is 5.76 Å². The Kier molecular flexibility index (Phi) is 6.77. The Bertz CT molecular complexity index is 1230. The molecule has 0 bridgehead atoms. The molecule has 1 aromatic heterocycles. The predicted octanol–water partition coefficient (Wildman–Crippen LogP) is 4.98. The number of carbonyl (C=O) groups excluding carboxylic acids is 2. The summed E-state index contributed by atoms with van der Waals surface area (Å²) in [6, 6.07) is 12.8. The summed E-state index contributed by atoms with van der Waals surface area (Å²) < 4.78 is 50.5. The van der Waals surface area contributed by atoms with E-state index >= 15 is 0 Å². The minimum atomic E-state index is -4.49. The number of methoxy groups -OCH3 is 1. The molecule has 0 atom stereocenters. The molecular weight excluding hydrogens is 479 g/mol. The molecule has 0 unspecified atom stereocenters. The Hall–Kier alpha value is -3.86. The van der Waals surface area contributed by atoms with Gasteiger partial charge in [-0.2, -0.15) is 13.2 Å². The van der Waals surface area contributed by atoms with Crippen LogP contribution in [0.3, 0.4) is 0 Å². The van der Waals surface area contributed by atoms with Crippen LogP contribution in [-0.4, -0.2) is 59.4 Å². The molecule has 2 amide bonds. The maximum Gasteiger partial charge on any atom is 0.416 e. The summed E-state index contributed by atoms with van der Waals surface area (Å²) in [5.74, 6) is -0.262. The molecule has 1 aliphatic heterocycles. The van der Waals surface area contributed by atoms with Crippen LogP contribution in [0.5, 0.6) is 0 Å². The van der Waals surface area contributed by atoms with Gasteiger partial charge in [0.2, 0.25) is 5.89 Å². The SMILES string of the molecule is COC(=O)C1(c2nc(-c3ccc(C(F)(F)F)cc3)c(-c3ccccc3)o2)CCN(C(=O)N(C)O)CC1. The van der Waals surface area contributed by atoms with Crippen LogP contribution in [0.15, 0.2) is 59.0 Å². The lowest BCUT2D eigenvalue weighted by molar-refractivity contribution is -0.150. The normalized spacial score (nSPS) is 15.4. The number of hydroxylamine groups is 2. The lowest BCUT2D eigenvalue weighted by Crippen LogP contribution is -2.51. The number of nitrogens with zero attached hydrogens (tertiary/aromatic N) is 3. The van der Waals surface area contributed by atoms with Crippen LogP contribution < -0.4 is 0 Å². The van der Waals surface area contributed by atoms with Crippen molar-refractivity contribution in [3.05, 3.63) is 66.1 Å². The van der Waals surface area contributed by atoms with Crippen molar-refractivity contribution in [2.45, 2.75) is 24.4 Å². The number of benzene rings is 2. The van der Waals surface area contributed by atoms with Crippen molar-refractivity contribution in [3.63, 3.8) is 0 Å². The molecule has 3 aromatic rings. The molecule has 4 rings (SSSR count). The summed E-state index contributed by atoms with van der Waals surface area (Å²) in [6.07, 6.45) is -4.26. The van der Waals surface area contributed by atoms with Gasteiger partial charge in [-0.25, -0.2) is 14.8 Å². The zero-order valence-electron chi connectivity index (χ0n) is 19.6. The average molecular weight is 503 g/mol. The molecule has 8 nitrogen and oxygen atoms in total. The van der Waals surface area contributed by atoms with Crippen LogP contribution in [0.2, 0.25) is 0 Å². The van der Waals surface area contributed by atoms with Gasteiger partial charge in [0, 0.05) is 31.3 Å². The number of alkyl halides is 3. The Morgan fingerprint density at radius 2 is 1.67 bits per heavy atom. The summed E-state index contributed by atoms with van der Waals surface area (Å²) in [6.45, 7) is 0.245. The van der Waals surface area contributed by atoms with Crippen LogP contribution in [0.25, 0.3) is 22.6 Å². The van der Waals surface area contributed by atoms with Crippen LogP contribution in [0, 0.1) is 0 Å². The van der Waals surface area contributed by atoms with Crippen LogP contribution in [0.4, 0.5) is 18.0 Å². The maximum absolute atomic E-state index is 13.1. The zero-order valence-corrected chi connectivity index (χ0v) is 19.6. The fourth-order valence-electron chi connectivity index (χ4n) is 4.31. The first-order valence-corrected chi connectivity index (χ1v) is 11.1. The van der Waals surface area contributed by atoms with Crippen molar-refractivity contribution in [1.82, 2.24) is 14.9 Å². The number of oxazole rings is 1. The van der Waals surface area contributed by atoms with E-state index in [-0.39, 0.29) is 37.5 Å². The first-order chi connectivity index (χ1) is 17.1. The third-order valence-electron chi connectivity index (χ3n) is 6.30. The second-order valence-corrected chi connectivity index (χ2v) is 8.50. The number of ether oxygens (including phenoxy) is 1. The highest BCUT2D eigenvalue weighted by atomic mass is 19.4. The third kappa shape index (κ3) is 4.66. The smallest absolute Gasteiger partial charge is 0.416 e. The van der Waals surface area contributed by atoms with Gasteiger partial charge in [0.25, 0.3) is 0 Å². The quantitative estimate of drug-likeness (QED) is 0.307. The minimum Gasteiger partial charge on any atom is -0.468 e. The molecule has 0 saturated carbocycles. The standard InChI is InChI=1S/C25H24F3N3O5/c1-30(34)23(33)31-14-12-24(13-15-31,22(32)35-2)21-29-19(20(36-21)17-6-4-3-5-7-17)16-8-10-18(11-9-16)25(26,27)28/h3-11,34H,12-15H2,1-2H3. The molecule has 1 saturated heterocycles. The molecule has 1 fully saturated rings. The van der Waals surface area contributed by atoms with Crippen LogP contribution in [0.1, 0.15) is 24.3 Å². The number of carbonyl (C=O) groups is 2. The van der Waals surface area contributed by atoms with Crippen LogP contribution >= 0.6 is 0 Å². The number of piperidine rings is 1. The van der Waals surface area contributed by atoms with E-state index in [0.29, 0.717) is 22.0 Å². The van der Waals surface area contributed by atoms with Gasteiger partial charge in [0.1, 0.15) is 11.1 Å². The van der Waals surface area contributed by atoms with E-state index < -0.39 is 29.2 Å². The van der Waals surface area contributed by atoms with Crippen molar-refractivity contribution in [2.24, 2.45) is 0 Å². The van der Waals surface area contributed by atoms with E-state index in [1.807, 2.05) is 0 Å². The molecule has 1 aliphatic rings. The molecule has 36 heavy (non-hydrogen) atoms. The van der Waals surface area contributed by atoms with E-state index in [0.717, 1.165) is 12.1 Å². The lowest BCUT2D eigenvalue weighted by atomic mass is 9.78. The van der Waals surface area contributed by atoms with E-state index in [1.54, 1.807) is 30.3 Å². The summed E-state index contributed by atoms with van der Waals surface area (Å²) in [5.41, 5.74) is -0.838. The van der Waals surface area contributed by atoms with Gasteiger partial charge in [-0.15, -0.1) is 0 Å². The van der Waals surface area contributed by atoms with Gasteiger partial charge in [-0.3, -0.25) is 10.0 Å². The number of likely N-dealkylation sites (tertiary alicyclic amines) is 1. The number of rotatable bonds is 4. The molecule has 0 spiro atoms. The van der Waals surface area contributed by atoms with E-state index in [4.69, 9.17) is 9.15 Å². The largest absolute Gasteiger partial charge is 0.468 e. The van der Waals surface area contributed by atoms with Crippen LogP contribution in [-0.2, 0) is 21.1 Å². The van der Waals surface area contributed by atoms with E-state index in [2.05, 4.69) is 4.98 Å². The number of esters is 1. The fraction of sp³-hybridized carbons (Fsp3) is 0.320. The van der Waals surface area contributed by atoms with Crippen molar-refractivity contribution >= 4 is 12.0 Å². The molecule has 0 radical (unpaired) electrons. The van der Waals surface area contributed by atoms with Crippen molar-refractivity contribution in [2.75, 3.05) is 27.2 Å². The van der Waals surface area contributed by atoms with Crippen molar-refractivity contribution < 1.29 is 37.1 Å². The van der Waals surface area contributed by atoms with E-state index in [9.17, 15) is 28.0 Å². The number of urea groups is 1. The predicted molar refractivity (Wildman–Crippen MR) is 122 cm³/mol. The average Bonchev–Trinajstić information content (AvgIpc) is 3.34. The number of aromatic nitrogens is 1. The second kappa shape index (κ2) is 9.65. The first kappa shape index (κ1) is 25.2. The zero-order chi connectivity index (χ0) is 26.1. The first-order valence-electron chi connectivity index (χ1n) is 11.1. The minimum absolute atomic E-state index is 0.0487. The number of hydrogen-bond donors (Lipinski definition) is 1. The maximum atomic E-state index is 13.1. The number of amides is 2. The van der Waals surface area contributed by atoms with Gasteiger partial charge < -0.3 is 14.1 Å². The van der Waals surface area contributed by atoms with Gasteiger partial charge in [-0.05, 0) is 25.0 Å². The molecule has 1 N–H and O–H groups in total. The highest BCUT2D eigenvalue weighted by molar-refractivity contribution is 5.84. The molecule has 11 heteroatoms. The van der Waals surface area contributed by atoms with Gasteiger partial charge in [0.05, 0.1) is 12.7 Å². The highest BCUT2D eigenvalue weighted by Gasteiger charge is 2.49. The molecule has 190 valence electrons. The highest BCUT2D eigenvalue weighted by Crippen LogP contribution is 2.42. The molecule has 2 heterocycles. The van der Waals surface area contributed by atoms with Gasteiger partial charge >= 0.3 is 18.2 Å². The Morgan fingerprint density at radius 1 is 1.06 bits per heavy atom. The molecule has 0 aliphatic carbocycles. The number of hydrogen-bond acceptors (Lipinski definition) is 6. The Morgan fingerprint density at radius 3 is 2.19 bits per heavy atom. The Balaban J connectivity index is 1.80. The van der Waals surface area contributed by atoms with Crippen molar-refractivity contribution in [3.8, 4) is 22.6 Å². The molecule has 2 aromatic carbocycles. The number of halogens is 3. The summed E-state index contributed by atoms with van der Waals surface area (Å²) in [7, 11) is 2.45. The second-order valence-electron chi connectivity index (χ2n) is 8.50. The van der Waals surface area contributed by atoms with Gasteiger partial charge in [-0.1, -0.05) is 42.5 Å². The molecular formula is C25H24F3N3O5. The fourth-order valence-corrected chi connectivity index (χ4v) is 4.31. The van der Waals surface area contributed by atoms with Crippen molar-refractivity contribution in [1.29, 1.82) is 0 Å². The monoisotopic (exact) mass is 503 g/mol. The Labute approximate surface area is 204 Å². The third-order valence-corrected chi connectivity index (χ3v) is 6.30. The summed E-state index contributed by atoms with van der Waals surface area (Å²) in [4.78, 5) is 31.2. The summed E-state index contributed by atoms with van der Waals surface area (Å²) >= 11 is 0. The topological polar surface area (TPSA) is 96.1 Å². The van der Waals surface area contributed by atoms with E-state index in [1.165, 1.54) is 31.2 Å². The lowest BCUT2D eigenvalue weighted by Gasteiger charge is -2.38.